The molecule has 0 unspecified atom stereocenters. The summed E-state index contributed by atoms with van der Waals surface area (Å²) >= 11 is -4.18. The van der Waals surface area contributed by atoms with Gasteiger partial charge in [0.05, 0.1) is 14.7 Å². The van der Waals surface area contributed by atoms with Crippen LogP contribution in [0, 0.1) is 15.9 Å². The van der Waals surface area contributed by atoms with E-state index in [-0.39, 0.29) is 17.5 Å². The largest absolute Gasteiger partial charge is 0.478 e. The fourth-order valence-electron chi connectivity index (χ4n) is 1.44. The molecule has 0 atom stereocenters. The molecule has 0 bridgehead atoms. The maximum absolute atomic E-state index is 11.2. The van der Waals surface area contributed by atoms with Crippen LogP contribution in [0.15, 0.2) is 12.1 Å². The Balaban J connectivity index is 3.77. The number of aromatic carboxylic acids is 2. The molecule has 94 valence electrons. The van der Waals surface area contributed by atoms with Gasteiger partial charge < -0.3 is 10.2 Å². The van der Waals surface area contributed by atoms with Crippen molar-refractivity contribution < 1.29 is 25.9 Å². The molecule has 0 spiro atoms. The van der Waals surface area contributed by atoms with Crippen molar-refractivity contribution in [2.75, 3.05) is 0 Å². The monoisotopic (exact) mass is 362 g/mol. The van der Waals surface area contributed by atoms with Gasteiger partial charge in [-0.3, -0.25) is 0 Å². The molecule has 1 aromatic carbocycles. The first kappa shape index (κ1) is 14.1. The van der Waals surface area contributed by atoms with Crippen molar-refractivity contribution in [1.29, 1.82) is 0 Å². The van der Waals surface area contributed by atoms with Crippen molar-refractivity contribution in [3.05, 3.63) is 32.4 Å². The zero-order valence-corrected chi connectivity index (χ0v) is 11.0. The maximum atomic E-state index is 11.2. The van der Waals surface area contributed by atoms with Crippen molar-refractivity contribution in [3.8, 4) is 12.3 Å². The third-order valence-electron chi connectivity index (χ3n) is 2.14. The van der Waals surface area contributed by atoms with Gasteiger partial charge in [-0.2, -0.15) is 0 Å². The lowest BCUT2D eigenvalue weighted by atomic mass is 10.0. The molecule has 0 aromatic heterocycles. The summed E-state index contributed by atoms with van der Waals surface area (Å²) in [5, 5.41) is 17.8. The zero-order chi connectivity index (χ0) is 13.9. The van der Waals surface area contributed by atoms with Crippen LogP contribution in [0.3, 0.4) is 0 Å². The smallest absolute Gasteiger partial charge is 0.342 e. The van der Waals surface area contributed by atoms with E-state index < -0.39 is 40.9 Å². The summed E-state index contributed by atoms with van der Waals surface area (Å²) in [6, 6.07) is 2.00. The molecule has 1 aromatic rings. The van der Waals surface area contributed by atoms with Crippen LogP contribution in [0.4, 0.5) is 0 Å². The van der Waals surface area contributed by atoms with Crippen LogP contribution in [0.2, 0.25) is 0 Å². The van der Waals surface area contributed by atoms with E-state index in [4.69, 9.17) is 16.6 Å². The first-order valence-corrected chi connectivity index (χ1v) is 7.35. The lowest BCUT2D eigenvalue weighted by Crippen LogP contribution is -2.10. The Morgan fingerprint density at radius 3 is 2.06 bits per heavy atom. The number of terminal acetylenes is 1. The highest BCUT2D eigenvalue weighted by molar-refractivity contribution is 14.2. The van der Waals surface area contributed by atoms with Gasteiger partial charge in [-0.1, -0.05) is 0 Å². The highest BCUT2D eigenvalue weighted by atomic mass is 127. The average Bonchev–Trinajstić information content (AvgIpc) is 2.27. The third kappa shape index (κ3) is 2.65. The van der Waals surface area contributed by atoms with E-state index in [2.05, 4.69) is 5.92 Å². The quantitative estimate of drug-likeness (QED) is 0.623. The minimum atomic E-state index is -4.18. The van der Waals surface area contributed by atoms with E-state index >= 15 is 0 Å². The molecule has 2 N–H and O–H groups in total. The summed E-state index contributed by atoms with van der Waals surface area (Å²) < 4.78 is 21.9. The second kappa shape index (κ2) is 5.59. The topological polar surface area (TPSA) is 109 Å². The highest BCUT2D eigenvalue weighted by Crippen LogP contribution is 2.29. The molecule has 0 amide bonds. The van der Waals surface area contributed by atoms with Crippen molar-refractivity contribution in [3.63, 3.8) is 0 Å². The van der Waals surface area contributed by atoms with Crippen LogP contribution < -0.4 is 0 Å². The molecular formula is C11H7IO6. The highest BCUT2D eigenvalue weighted by Gasteiger charge is 2.23. The lowest BCUT2D eigenvalue weighted by Gasteiger charge is -2.07. The van der Waals surface area contributed by atoms with Crippen LogP contribution >= 0.6 is 19.8 Å². The van der Waals surface area contributed by atoms with Crippen LogP contribution in [0.25, 0.3) is 0 Å². The average molecular weight is 362 g/mol. The number of rotatable bonds is 4. The number of carboxylic acid groups (broad SMARTS) is 2. The SMILES string of the molecule is C#CCc1c(C(=O)O)ccc(C(=O)O)c1I(=O)=O. The number of carbonyl (C=O) groups is 2. The van der Waals surface area contributed by atoms with Gasteiger partial charge >= 0.3 is 31.7 Å². The fourth-order valence-corrected chi connectivity index (χ4v) is 3.34. The minimum absolute atomic E-state index is 0.139. The van der Waals surface area contributed by atoms with Crippen LogP contribution in [-0.4, -0.2) is 22.2 Å². The Morgan fingerprint density at radius 2 is 1.67 bits per heavy atom. The maximum Gasteiger partial charge on any atom is 0.342 e. The summed E-state index contributed by atoms with van der Waals surface area (Å²) in [4.78, 5) is 21.9. The van der Waals surface area contributed by atoms with E-state index in [1.54, 1.807) is 0 Å². The first-order chi connectivity index (χ1) is 8.40. The normalized spacial score (nSPS) is 10.0. The van der Waals surface area contributed by atoms with Crippen LogP contribution in [0.1, 0.15) is 26.3 Å². The van der Waals surface area contributed by atoms with Gasteiger partial charge in [0.25, 0.3) is 0 Å². The van der Waals surface area contributed by atoms with E-state index in [1.165, 1.54) is 0 Å². The van der Waals surface area contributed by atoms with Gasteiger partial charge in [-0.05, 0) is 17.7 Å². The molecule has 7 heteroatoms. The van der Waals surface area contributed by atoms with Gasteiger partial charge in [0.15, 0.2) is 0 Å². The molecule has 6 nitrogen and oxygen atoms in total. The number of carboxylic acids is 2. The Labute approximate surface area is 109 Å². The molecule has 0 aliphatic rings. The first-order valence-electron chi connectivity index (χ1n) is 4.51. The van der Waals surface area contributed by atoms with Gasteiger partial charge in [-0.25, -0.2) is 15.7 Å². The van der Waals surface area contributed by atoms with Crippen LogP contribution in [-0.2, 0) is 12.6 Å². The summed E-state index contributed by atoms with van der Waals surface area (Å²) in [6.45, 7) is 0. The van der Waals surface area contributed by atoms with Gasteiger partial charge in [0.1, 0.15) is 0 Å². The van der Waals surface area contributed by atoms with Crippen molar-refractivity contribution >= 4 is 31.7 Å². The van der Waals surface area contributed by atoms with Gasteiger partial charge in [0, 0.05) is 6.42 Å². The summed E-state index contributed by atoms with van der Waals surface area (Å²) in [5.41, 5.74) is -0.873. The molecule has 0 heterocycles. The molecule has 18 heavy (non-hydrogen) atoms. The standard InChI is InChI=1S/C11H7IO6/c1-2-3-6-7(10(13)14)4-5-8(11(15)16)9(6)12(17)18/h1,4-5H,3H2,(H,13,14)(H,15,16). The number of halogens is 1. The molecule has 0 aliphatic carbocycles. The third-order valence-corrected chi connectivity index (χ3v) is 4.25. The fraction of sp³-hybridized carbons (Fsp3) is 0.0909. The number of hydrogen-bond acceptors (Lipinski definition) is 4. The predicted octanol–water partition coefficient (Wildman–Crippen LogP) is 1.63. The van der Waals surface area contributed by atoms with E-state index in [1.807, 2.05) is 0 Å². The zero-order valence-electron chi connectivity index (χ0n) is 8.84. The molecule has 0 saturated heterocycles. The lowest BCUT2D eigenvalue weighted by molar-refractivity contribution is 0.0679. The second-order valence-corrected chi connectivity index (χ2v) is 5.48. The Kier molecular flexibility index (Phi) is 4.38. The summed E-state index contributed by atoms with van der Waals surface area (Å²) in [5.74, 6) is -0.655. The molecule has 0 radical (unpaired) electrons. The molecular weight excluding hydrogens is 355 g/mol. The number of hydrogen-bond donors (Lipinski definition) is 2. The van der Waals surface area contributed by atoms with Crippen molar-refractivity contribution in [2.24, 2.45) is 0 Å². The minimum Gasteiger partial charge on any atom is -0.478 e. The van der Waals surface area contributed by atoms with Crippen molar-refractivity contribution in [2.45, 2.75) is 6.42 Å². The molecule has 0 saturated carbocycles. The van der Waals surface area contributed by atoms with Gasteiger partial charge in [-0.15, -0.1) is 12.3 Å². The molecule has 0 aliphatic heterocycles. The van der Waals surface area contributed by atoms with E-state index in [0.29, 0.717) is 0 Å². The number of benzene rings is 1. The Morgan fingerprint density at radius 1 is 1.17 bits per heavy atom. The van der Waals surface area contributed by atoms with E-state index in [9.17, 15) is 15.7 Å². The van der Waals surface area contributed by atoms with Crippen molar-refractivity contribution in [1.82, 2.24) is 0 Å². The Bertz CT molecular complexity index is 628. The van der Waals surface area contributed by atoms with Gasteiger partial charge in [0.2, 0.25) is 0 Å². The van der Waals surface area contributed by atoms with E-state index in [0.717, 1.165) is 12.1 Å². The second-order valence-electron chi connectivity index (χ2n) is 3.16. The summed E-state index contributed by atoms with van der Waals surface area (Å²) in [7, 11) is 0. The molecule has 1 rings (SSSR count). The Hall–Kier alpha value is -1.95. The summed E-state index contributed by atoms with van der Waals surface area (Å²) in [6.07, 6.45) is 4.79. The van der Waals surface area contributed by atoms with Crippen LogP contribution in [0.5, 0.6) is 0 Å². The predicted molar refractivity (Wildman–Crippen MR) is 67.0 cm³/mol. The molecule has 0 fully saturated rings.